The minimum Gasteiger partial charge on any atom is -0.393 e. The van der Waals surface area contributed by atoms with E-state index in [0.717, 1.165) is 24.5 Å². The average molecular weight is 340 g/mol. The van der Waals surface area contributed by atoms with E-state index >= 15 is 0 Å². The normalized spacial score (nSPS) is 24.4. The van der Waals surface area contributed by atoms with Gasteiger partial charge in [0.2, 0.25) is 0 Å². The van der Waals surface area contributed by atoms with Gasteiger partial charge in [0.25, 0.3) is 0 Å². The largest absolute Gasteiger partial charge is 0.393 e. The predicted molar refractivity (Wildman–Crippen MR) is 93.2 cm³/mol. The van der Waals surface area contributed by atoms with Crippen LogP contribution in [0.1, 0.15) is 45.7 Å². The summed E-state index contributed by atoms with van der Waals surface area (Å²) in [6.07, 6.45) is 7.85. The Labute approximate surface area is 141 Å². The summed E-state index contributed by atoms with van der Waals surface area (Å²) in [6.45, 7) is 7.34. The van der Waals surface area contributed by atoms with E-state index in [1.807, 2.05) is 0 Å². The van der Waals surface area contributed by atoms with Gasteiger partial charge >= 0.3 is 0 Å². The van der Waals surface area contributed by atoms with Crippen molar-refractivity contribution >= 4 is 24.8 Å². The summed E-state index contributed by atoms with van der Waals surface area (Å²) >= 11 is 0. The van der Waals surface area contributed by atoms with Gasteiger partial charge in [0, 0.05) is 18.3 Å². The van der Waals surface area contributed by atoms with Gasteiger partial charge in [0.1, 0.15) is 0 Å². The Morgan fingerprint density at radius 1 is 1.38 bits per heavy atom. The Morgan fingerprint density at radius 2 is 2.05 bits per heavy atom. The minimum absolute atomic E-state index is 0. The molecule has 3 unspecified atom stereocenters. The Morgan fingerprint density at radius 3 is 2.48 bits per heavy atom. The number of aromatic amines is 1. The van der Waals surface area contributed by atoms with Gasteiger partial charge in [-0.1, -0.05) is 27.2 Å². The van der Waals surface area contributed by atoms with E-state index in [0.29, 0.717) is 18.4 Å². The van der Waals surface area contributed by atoms with Gasteiger partial charge in [-0.25, -0.2) is 4.98 Å². The van der Waals surface area contributed by atoms with Crippen LogP contribution in [0, 0.1) is 17.8 Å². The highest BCUT2D eigenvalue weighted by Crippen LogP contribution is 2.33. The summed E-state index contributed by atoms with van der Waals surface area (Å²) in [5.41, 5.74) is 6.38. The fraction of sp³-hybridized carbons (Fsp3) is 0.800. The number of aliphatic hydroxyl groups is 1. The third kappa shape index (κ3) is 8.67. The highest BCUT2D eigenvalue weighted by molar-refractivity contribution is 5.85. The number of H-pyrrole nitrogens is 1. The van der Waals surface area contributed by atoms with Crippen LogP contribution >= 0.6 is 24.8 Å². The van der Waals surface area contributed by atoms with Crippen LogP contribution in [0.4, 0.5) is 0 Å². The van der Waals surface area contributed by atoms with E-state index in [2.05, 4.69) is 30.7 Å². The van der Waals surface area contributed by atoms with Crippen molar-refractivity contribution in [2.24, 2.45) is 23.5 Å². The molecule has 0 bridgehead atoms. The van der Waals surface area contributed by atoms with Crippen LogP contribution in [0.15, 0.2) is 12.5 Å². The van der Waals surface area contributed by atoms with Crippen molar-refractivity contribution in [2.75, 3.05) is 6.54 Å². The third-order valence-corrected chi connectivity index (χ3v) is 3.96. The molecule has 1 aliphatic rings. The first kappa shape index (κ1) is 23.0. The summed E-state index contributed by atoms with van der Waals surface area (Å²) in [4.78, 5) is 6.78. The van der Waals surface area contributed by atoms with Crippen molar-refractivity contribution < 1.29 is 5.11 Å². The molecule has 1 aromatic rings. The smallest absolute Gasteiger partial charge is 0.0921 e. The van der Waals surface area contributed by atoms with Gasteiger partial charge in [0.15, 0.2) is 0 Å². The van der Waals surface area contributed by atoms with E-state index in [4.69, 9.17) is 5.73 Å². The first-order chi connectivity index (χ1) is 9.04. The number of aromatic nitrogens is 2. The number of hydrogen-bond donors (Lipinski definition) is 3. The summed E-state index contributed by atoms with van der Waals surface area (Å²) in [5, 5.41) is 9.71. The number of hydrogen-bond acceptors (Lipinski definition) is 3. The molecule has 126 valence electrons. The van der Waals surface area contributed by atoms with E-state index < -0.39 is 0 Å². The van der Waals surface area contributed by atoms with Gasteiger partial charge in [-0.3, -0.25) is 0 Å². The molecule has 21 heavy (non-hydrogen) atoms. The molecule has 0 amide bonds. The third-order valence-electron chi connectivity index (χ3n) is 3.96. The van der Waals surface area contributed by atoms with Crippen molar-refractivity contribution in [3.05, 3.63) is 18.2 Å². The SMILES string of the molecule is CC1CCC(C(C)C)C(O)C1.Cl.Cl.NCCc1cnc[nH]1. The highest BCUT2D eigenvalue weighted by atomic mass is 35.5. The van der Waals surface area contributed by atoms with Crippen LogP contribution in [0.3, 0.4) is 0 Å². The second-order valence-corrected chi connectivity index (χ2v) is 6.01. The zero-order chi connectivity index (χ0) is 14.3. The molecule has 6 heteroatoms. The van der Waals surface area contributed by atoms with Crippen molar-refractivity contribution in [3.63, 3.8) is 0 Å². The second kappa shape index (κ2) is 12.3. The number of nitrogens with zero attached hydrogens (tertiary/aromatic N) is 1. The molecule has 1 saturated carbocycles. The number of aliphatic hydroxyl groups excluding tert-OH is 1. The van der Waals surface area contributed by atoms with Gasteiger partial charge in [0.05, 0.1) is 12.4 Å². The lowest BCUT2D eigenvalue weighted by molar-refractivity contribution is 0.0266. The van der Waals surface area contributed by atoms with Gasteiger partial charge in [-0.05, 0) is 37.1 Å². The summed E-state index contributed by atoms with van der Waals surface area (Å²) < 4.78 is 0. The molecule has 1 aromatic heterocycles. The molecule has 1 heterocycles. The molecule has 0 spiro atoms. The van der Waals surface area contributed by atoms with E-state index in [-0.39, 0.29) is 30.9 Å². The van der Waals surface area contributed by atoms with Crippen LogP contribution in [0.25, 0.3) is 0 Å². The maximum absolute atomic E-state index is 9.71. The summed E-state index contributed by atoms with van der Waals surface area (Å²) in [6, 6.07) is 0. The van der Waals surface area contributed by atoms with Crippen molar-refractivity contribution in [1.82, 2.24) is 9.97 Å². The minimum atomic E-state index is -0.0289. The number of rotatable bonds is 3. The Balaban J connectivity index is 0. The summed E-state index contributed by atoms with van der Waals surface area (Å²) in [5.74, 6) is 1.95. The molecule has 0 aliphatic heterocycles. The fourth-order valence-corrected chi connectivity index (χ4v) is 2.73. The molecule has 0 radical (unpaired) electrons. The predicted octanol–water partition coefficient (Wildman–Crippen LogP) is 3.19. The molecule has 0 saturated heterocycles. The summed E-state index contributed by atoms with van der Waals surface area (Å²) in [7, 11) is 0. The van der Waals surface area contributed by atoms with Gasteiger partial charge in [-0.2, -0.15) is 0 Å². The fourth-order valence-electron chi connectivity index (χ4n) is 2.73. The average Bonchev–Trinajstić information content (AvgIpc) is 2.82. The van der Waals surface area contributed by atoms with Gasteiger partial charge in [-0.15, -0.1) is 24.8 Å². The lowest BCUT2D eigenvalue weighted by Crippen LogP contribution is -2.31. The molecule has 4 N–H and O–H groups in total. The van der Waals surface area contributed by atoms with E-state index in [1.54, 1.807) is 12.5 Å². The van der Waals surface area contributed by atoms with Crippen molar-refractivity contribution in [1.29, 1.82) is 0 Å². The first-order valence-corrected chi connectivity index (χ1v) is 7.40. The number of imidazole rings is 1. The zero-order valence-electron chi connectivity index (χ0n) is 13.3. The zero-order valence-corrected chi connectivity index (χ0v) is 14.9. The number of halogens is 2. The lowest BCUT2D eigenvalue weighted by Gasteiger charge is -2.33. The molecule has 0 aromatic carbocycles. The van der Waals surface area contributed by atoms with Gasteiger partial charge < -0.3 is 15.8 Å². The highest BCUT2D eigenvalue weighted by Gasteiger charge is 2.28. The molecule has 4 nitrogen and oxygen atoms in total. The van der Waals surface area contributed by atoms with Crippen LogP contribution in [0.2, 0.25) is 0 Å². The molecule has 1 fully saturated rings. The molecule has 3 atom stereocenters. The lowest BCUT2D eigenvalue weighted by atomic mass is 9.75. The van der Waals surface area contributed by atoms with E-state index in [9.17, 15) is 5.11 Å². The Kier molecular flexibility index (Phi) is 13.4. The Hall–Kier alpha value is -0.290. The quantitative estimate of drug-likeness (QED) is 0.791. The molecule has 2 rings (SSSR count). The monoisotopic (exact) mass is 339 g/mol. The number of nitrogens with two attached hydrogens (primary N) is 1. The van der Waals surface area contributed by atoms with Crippen molar-refractivity contribution in [3.8, 4) is 0 Å². The standard InChI is InChI=1S/C10H20O.C5H9N3.2ClH/c1-7(2)9-5-4-8(3)6-10(9)11;6-2-1-5-3-7-4-8-5;;/h7-11H,4-6H2,1-3H3;3-4H,1-2,6H2,(H,7,8);2*1H. The van der Waals surface area contributed by atoms with E-state index in [1.165, 1.54) is 12.8 Å². The molecular weight excluding hydrogens is 309 g/mol. The van der Waals surface area contributed by atoms with Crippen LogP contribution < -0.4 is 5.73 Å². The molecular formula is C15H31Cl2N3O. The topological polar surface area (TPSA) is 74.9 Å². The number of nitrogens with one attached hydrogen (secondary N) is 1. The maximum Gasteiger partial charge on any atom is 0.0921 e. The van der Waals surface area contributed by atoms with Crippen molar-refractivity contribution in [2.45, 2.75) is 52.6 Å². The maximum atomic E-state index is 9.71. The molecule has 1 aliphatic carbocycles. The Bertz CT molecular complexity index is 334. The van der Waals surface area contributed by atoms with Crippen LogP contribution in [-0.4, -0.2) is 27.7 Å². The van der Waals surface area contributed by atoms with Crippen LogP contribution in [0.5, 0.6) is 0 Å². The first-order valence-electron chi connectivity index (χ1n) is 7.40. The van der Waals surface area contributed by atoms with Crippen LogP contribution in [-0.2, 0) is 6.42 Å². The second-order valence-electron chi connectivity index (χ2n) is 6.01.